The number of halogens is 1. The zero-order valence-corrected chi connectivity index (χ0v) is 12.4. The Labute approximate surface area is 121 Å². The summed E-state index contributed by atoms with van der Waals surface area (Å²) in [5.41, 5.74) is 1.06. The van der Waals surface area contributed by atoms with E-state index in [1.54, 1.807) is 0 Å². The first-order valence-electron chi connectivity index (χ1n) is 6.57. The second-order valence-electron chi connectivity index (χ2n) is 5.08. The summed E-state index contributed by atoms with van der Waals surface area (Å²) >= 11 is 2.30. The fraction of sp³-hybridized carbons (Fsp3) is 0.500. The van der Waals surface area contributed by atoms with Crippen LogP contribution in [0, 0.1) is 3.57 Å². The van der Waals surface area contributed by atoms with E-state index in [2.05, 4.69) is 34.0 Å². The largest absolute Gasteiger partial charge is 0.310 e. The number of anilines is 1. The second kappa shape index (κ2) is 5.17. The lowest BCUT2D eigenvalue weighted by atomic mass is 10.0. The van der Waals surface area contributed by atoms with Gasteiger partial charge < -0.3 is 10.2 Å². The van der Waals surface area contributed by atoms with Crippen molar-refractivity contribution in [2.75, 3.05) is 11.4 Å². The van der Waals surface area contributed by atoms with Crippen molar-refractivity contribution in [3.63, 3.8) is 0 Å². The molecule has 4 heteroatoms. The number of carbonyl (C=O) groups is 1. The van der Waals surface area contributed by atoms with Gasteiger partial charge in [-0.1, -0.05) is 12.1 Å². The second-order valence-corrected chi connectivity index (χ2v) is 6.24. The van der Waals surface area contributed by atoms with E-state index in [4.69, 9.17) is 0 Å². The zero-order chi connectivity index (χ0) is 12.5. The first-order valence-corrected chi connectivity index (χ1v) is 7.65. The minimum atomic E-state index is 0.0299. The van der Waals surface area contributed by atoms with Crippen molar-refractivity contribution in [3.8, 4) is 0 Å². The van der Waals surface area contributed by atoms with Crippen molar-refractivity contribution in [1.29, 1.82) is 0 Å². The van der Waals surface area contributed by atoms with Crippen molar-refractivity contribution in [2.24, 2.45) is 0 Å². The lowest BCUT2D eigenvalue weighted by Gasteiger charge is -2.33. The van der Waals surface area contributed by atoms with Crippen LogP contribution in [0.4, 0.5) is 5.69 Å². The van der Waals surface area contributed by atoms with Crippen molar-refractivity contribution < 1.29 is 4.79 Å². The van der Waals surface area contributed by atoms with Gasteiger partial charge in [-0.2, -0.15) is 0 Å². The molecule has 1 atom stereocenters. The molecular weight excluding hydrogens is 339 g/mol. The maximum absolute atomic E-state index is 12.5. The first kappa shape index (κ1) is 12.4. The van der Waals surface area contributed by atoms with E-state index in [1.807, 2.05) is 23.1 Å². The van der Waals surface area contributed by atoms with E-state index in [9.17, 15) is 4.79 Å². The average molecular weight is 356 g/mol. The molecule has 0 radical (unpaired) electrons. The van der Waals surface area contributed by atoms with Gasteiger partial charge in [-0.3, -0.25) is 4.79 Å². The molecule has 3 nitrogen and oxygen atoms in total. The lowest BCUT2D eigenvalue weighted by molar-refractivity contribution is -0.121. The molecule has 1 aromatic rings. The minimum absolute atomic E-state index is 0.0299. The Morgan fingerprint density at radius 3 is 2.72 bits per heavy atom. The van der Waals surface area contributed by atoms with Gasteiger partial charge in [0.25, 0.3) is 0 Å². The molecule has 96 valence electrons. The third-order valence-corrected chi connectivity index (χ3v) is 4.51. The van der Waals surface area contributed by atoms with Crippen LogP contribution in [0.3, 0.4) is 0 Å². The summed E-state index contributed by atoms with van der Waals surface area (Å²) in [6.45, 7) is 0.849. The molecule has 1 aromatic carbocycles. The molecule has 1 aliphatic carbocycles. The molecule has 1 heterocycles. The fourth-order valence-corrected chi connectivity index (χ4v) is 3.15. The molecule has 1 N–H and O–H groups in total. The molecule has 3 rings (SSSR count). The monoisotopic (exact) mass is 356 g/mol. The van der Waals surface area contributed by atoms with Gasteiger partial charge in [0.1, 0.15) is 0 Å². The molecular formula is C14H17IN2O. The Kier molecular flexibility index (Phi) is 3.56. The predicted molar refractivity (Wildman–Crippen MR) is 80.7 cm³/mol. The van der Waals surface area contributed by atoms with E-state index in [-0.39, 0.29) is 11.9 Å². The summed E-state index contributed by atoms with van der Waals surface area (Å²) in [7, 11) is 0. The summed E-state index contributed by atoms with van der Waals surface area (Å²) in [5.74, 6) is 0.247. The maximum atomic E-state index is 12.5. The molecule has 0 aromatic heterocycles. The van der Waals surface area contributed by atoms with E-state index in [0.717, 1.165) is 28.6 Å². The summed E-state index contributed by atoms with van der Waals surface area (Å²) in [6.07, 6.45) is 4.52. The van der Waals surface area contributed by atoms with Gasteiger partial charge in [-0.25, -0.2) is 0 Å². The molecule has 2 aliphatic rings. The molecule has 2 fully saturated rings. The Balaban J connectivity index is 1.79. The normalized spacial score (nSPS) is 24.4. The van der Waals surface area contributed by atoms with E-state index < -0.39 is 0 Å². The van der Waals surface area contributed by atoms with Crippen LogP contribution < -0.4 is 10.2 Å². The number of nitrogens with zero attached hydrogens (tertiary/aromatic N) is 1. The highest BCUT2D eigenvalue weighted by atomic mass is 127. The van der Waals surface area contributed by atoms with Crippen molar-refractivity contribution in [3.05, 3.63) is 27.8 Å². The van der Waals surface area contributed by atoms with E-state index in [0.29, 0.717) is 6.04 Å². The van der Waals surface area contributed by atoms with Crippen LogP contribution in [0.5, 0.6) is 0 Å². The fourth-order valence-electron chi connectivity index (χ4n) is 2.47. The molecule has 1 amide bonds. The summed E-state index contributed by atoms with van der Waals surface area (Å²) in [4.78, 5) is 14.5. The Morgan fingerprint density at radius 1 is 1.22 bits per heavy atom. The molecule has 1 aliphatic heterocycles. The number of benzene rings is 1. The topological polar surface area (TPSA) is 32.3 Å². The van der Waals surface area contributed by atoms with Crippen LogP contribution in [-0.2, 0) is 4.79 Å². The highest BCUT2D eigenvalue weighted by molar-refractivity contribution is 14.1. The molecule has 0 spiro atoms. The number of hydrogen-bond acceptors (Lipinski definition) is 2. The van der Waals surface area contributed by atoms with Crippen LogP contribution in [0.2, 0.25) is 0 Å². The Hall–Kier alpha value is -0.620. The van der Waals surface area contributed by atoms with E-state index >= 15 is 0 Å². The average Bonchev–Trinajstić information content (AvgIpc) is 3.17. The Morgan fingerprint density at radius 2 is 2.00 bits per heavy atom. The van der Waals surface area contributed by atoms with Gasteiger partial charge in [0.05, 0.1) is 11.7 Å². The first-order chi connectivity index (χ1) is 8.75. The van der Waals surface area contributed by atoms with Crippen LogP contribution in [0.15, 0.2) is 24.3 Å². The number of rotatable bonds is 3. The third kappa shape index (κ3) is 2.54. The number of amides is 1. The number of carbonyl (C=O) groups excluding carboxylic acids is 1. The van der Waals surface area contributed by atoms with Gasteiger partial charge >= 0.3 is 0 Å². The predicted octanol–water partition coefficient (Wildman–Crippen LogP) is 2.54. The minimum Gasteiger partial charge on any atom is -0.310 e. The number of piperidine rings is 1. The van der Waals surface area contributed by atoms with Crippen molar-refractivity contribution in [2.45, 2.75) is 37.8 Å². The summed E-state index contributed by atoms with van der Waals surface area (Å²) < 4.78 is 1.15. The van der Waals surface area contributed by atoms with Crippen LogP contribution in [0.1, 0.15) is 25.7 Å². The highest BCUT2D eigenvalue weighted by Gasteiger charge is 2.34. The summed E-state index contributed by atoms with van der Waals surface area (Å²) in [6, 6.07) is 8.74. The SMILES string of the molecule is O=C1C(NC2CC2)CCCN1c1ccccc1I. The molecule has 1 saturated heterocycles. The molecule has 1 unspecified atom stereocenters. The van der Waals surface area contributed by atoms with Gasteiger partial charge in [0.2, 0.25) is 5.91 Å². The smallest absolute Gasteiger partial charge is 0.244 e. The number of nitrogens with one attached hydrogen (secondary N) is 1. The standard InChI is InChI=1S/C14H17IN2O/c15-11-4-1-2-6-13(11)17-9-3-5-12(14(17)18)16-10-7-8-10/h1-2,4,6,10,12,16H,3,5,7-9H2. The highest BCUT2D eigenvalue weighted by Crippen LogP contribution is 2.28. The maximum Gasteiger partial charge on any atom is 0.244 e. The quantitative estimate of drug-likeness (QED) is 0.845. The van der Waals surface area contributed by atoms with Crippen LogP contribution in [0.25, 0.3) is 0 Å². The van der Waals surface area contributed by atoms with Crippen LogP contribution in [-0.4, -0.2) is 24.5 Å². The van der Waals surface area contributed by atoms with Gasteiger partial charge in [0, 0.05) is 16.2 Å². The molecule has 18 heavy (non-hydrogen) atoms. The van der Waals surface area contributed by atoms with Crippen molar-refractivity contribution in [1.82, 2.24) is 5.32 Å². The van der Waals surface area contributed by atoms with Gasteiger partial charge in [-0.05, 0) is 60.4 Å². The van der Waals surface area contributed by atoms with Gasteiger partial charge in [-0.15, -0.1) is 0 Å². The zero-order valence-electron chi connectivity index (χ0n) is 10.2. The third-order valence-electron chi connectivity index (χ3n) is 3.60. The van der Waals surface area contributed by atoms with Crippen LogP contribution >= 0.6 is 22.6 Å². The van der Waals surface area contributed by atoms with E-state index in [1.165, 1.54) is 12.8 Å². The lowest BCUT2D eigenvalue weighted by Crippen LogP contribution is -2.51. The summed E-state index contributed by atoms with van der Waals surface area (Å²) in [5, 5.41) is 3.47. The number of hydrogen-bond donors (Lipinski definition) is 1. The van der Waals surface area contributed by atoms with Gasteiger partial charge in [0.15, 0.2) is 0 Å². The number of para-hydroxylation sites is 1. The molecule has 1 saturated carbocycles. The molecule has 0 bridgehead atoms. The van der Waals surface area contributed by atoms with Crippen molar-refractivity contribution >= 4 is 34.2 Å². The Bertz CT molecular complexity index is 459.